The first-order chi connectivity index (χ1) is 3.41. The zero-order valence-corrected chi connectivity index (χ0v) is 5.65. The third kappa shape index (κ3) is 6.40. The van der Waals surface area contributed by atoms with E-state index in [9.17, 15) is 0 Å². The van der Waals surface area contributed by atoms with E-state index in [-0.39, 0.29) is 6.61 Å². The van der Waals surface area contributed by atoms with Crippen LogP contribution in [0.1, 0.15) is 6.42 Å². The van der Waals surface area contributed by atoms with Gasteiger partial charge in [-0.2, -0.15) is 0 Å². The van der Waals surface area contributed by atoms with Gasteiger partial charge in [-0.3, -0.25) is 0 Å². The molecule has 1 N–H and O–H groups in total. The van der Waals surface area contributed by atoms with E-state index in [2.05, 4.69) is 15.9 Å². The van der Waals surface area contributed by atoms with E-state index in [0.717, 1.165) is 6.42 Å². The first-order valence-corrected chi connectivity index (χ1v) is 3.28. The summed E-state index contributed by atoms with van der Waals surface area (Å²) in [7, 11) is 0. The monoisotopic (exact) mass is 168 g/mol. The average Bonchev–Trinajstić information content (AvgIpc) is 1.69. The highest BCUT2D eigenvalue weighted by molar-refractivity contribution is 9.09. The van der Waals surface area contributed by atoms with Crippen molar-refractivity contribution in [1.82, 2.24) is 0 Å². The third-order valence-electron chi connectivity index (χ3n) is 0.524. The number of hydrogen-bond acceptors (Lipinski definition) is 2. The number of aliphatic hydroxyl groups excluding tert-OH is 1. The standard InChI is InChI=1S/C4H9BrO2/c5-4-7-3-1-2-6/h6H,1-4H2. The fourth-order valence-corrected chi connectivity index (χ4v) is 0.450. The van der Waals surface area contributed by atoms with Crippen molar-refractivity contribution in [1.29, 1.82) is 0 Å². The molecule has 0 aliphatic heterocycles. The van der Waals surface area contributed by atoms with Crippen LogP contribution in [0.5, 0.6) is 0 Å². The maximum Gasteiger partial charge on any atom is 0.102 e. The highest BCUT2D eigenvalue weighted by Crippen LogP contribution is 1.84. The van der Waals surface area contributed by atoms with Crippen LogP contribution in [0.2, 0.25) is 0 Å². The minimum Gasteiger partial charge on any atom is -0.396 e. The topological polar surface area (TPSA) is 29.5 Å². The van der Waals surface area contributed by atoms with Crippen molar-refractivity contribution < 1.29 is 9.84 Å². The number of aliphatic hydroxyl groups is 1. The fraction of sp³-hybridized carbons (Fsp3) is 1.00. The predicted molar refractivity (Wildman–Crippen MR) is 31.4 cm³/mol. The van der Waals surface area contributed by atoms with Crippen molar-refractivity contribution in [2.45, 2.75) is 6.42 Å². The zero-order valence-electron chi connectivity index (χ0n) is 4.06. The van der Waals surface area contributed by atoms with Crippen molar-refractivity contribution in [2.75, 3.05) is 18.7 Å². The van der Waals surface area contributed by atoms with E-state index in [0.29, 0.717) is 12.1 Å². The smallest absolute Gasteiger partial charge is 0.102 e. The lowest BCUT2D eigenvalue weighted by Crippen LogP contribution is -1.93. The van der Waals surface area contributed by atoms with E-state index < -0.39 is 0 Å². The van der Waals surface area contributed by atoms with Gasteiger partial charge in [-0.1, -0.05) is 15.9 Å². The van der Waals surface area contributed by atoms with Gasteiger partial charge in [0, 0.05) is 13.2 Å². The summed E-state index contributed by atoms with van der Waals surface area (Å²) in [5.41, 5.74) is 0.562. The van der Waals surface area contributed by atoms with Crippen LogP contribution in [0, 0.1) is 0 Å². The van der Waals surface area contributed by atoms with Crippen LogP contribution in [0.15, 0.2) is 0 Å². The summed E-state index contributed by atoms with van der Waals surface area (Å²) in [5, 5.41) is 8.20. The summed E-state index contributed by atoms with van der Waals surface area (Å²) in [5.74, 6) is 0. The maximum atomic E-state index is 8.20. The average molecular weight is 169 g/mol. The van der Waals surface area contributed by atoms with Crippen molar-refractivity contribution >= 4 is 15.9 Å². The molecular weight excluding hydrogens is 160 g/mol. The Balaban J connectivity index is 2.45. The second-order valence-corrected chi connectivity index (χ2v) is 1.55. The minimum atomic E-state index is 0.215. The van der Waals surface area contributed by atoms with Gasteiger partial charge in [-0.05, 0) is 6.42 Å². The molecule has 0 spiro atoms. The minimum absolute atomic E-state index is 0.215. The number of rotatable bonds is 4. The first-order valence-electron chi connectivity index (χ1n) is 2.16. The molecule has 2 nitrogen and oxygen atoms in total. The molecule has 0 radical (unpaired) electrons. The summed E-state index contributed by atoms with van der Waals surface area (Å²) in [6.07, 6.45) is 0.728. The lowest BCUT2D eigenvalue weighted by atomic mass is 10.5. The summed E-state index contributed by atoms with van der Waals surface area (Å²) >= 11 is 3.08. The quantitative estimate of drug-likeness (QED) is 0.496. The van der Waals surface area contributed by atoms with Crippen molar-refractivity contribution in [3.8, 4) is 0 Å². The molecule has 0 unspecified atom stereocenters. The van der Waals surface area contributed by atoms with Crippen LogP contribution in [0.25, 0.3) is 0 Å². The second-order valence-electron chi connectivity index (χ2n) is 1.09. The Morgan fingerprint density at radius 1 is 1.57 bits per heavy atom. The first kappa shape index (κ1) is 7.40. The molecular formula is C4H9BrO2. The Kier molecular flexibility index (Phi) is 6.77. The summed E-state index contributed by atoms with van der Waals surface area (Å²) in [4.78, 5) is 0. The van der Waals surface area contributed by atoms with Crippen LogP contribution in [-0.4, -0.2) is 23.8 Å². The van der Waals surface area contributed by atoms with Gasteiger partial charge in [-0.25, -0.2) is 0 Å². The Morgan fingerprint density at radius 2 is 2.29 bits per heavy atom. The summed E-state index contributed by atoms with van der Waals surface area (Å²) < 4.78 is 4.83. The van der Waals surface area contributed by atoms with E-state index in [1.165, 1.54) is 0 Å². The summed E-state index contributed by atoms with van der Waals surface area (Å²) in [6.45, 7) is 0.856. The maximum absolute atomic E-state index is 8.20. The van der Waals surface area contributed by atoms with Crippen LogP contribution in [0.3, 0.4) is 0 Å². The van der Waals surface area contributed by atoms with Crippen LogP contribution in [0.4, 0.5) is 0 Å². The highest BCUT2D eigenvalue weighted by atomic mass is 79.9. The van der Waals surface area contributed by atoms with Gasteiger partial charge < -0.3 is 9.84 Å². The SMILES string of the molecule is OCCCOCBr. The molecule has 0 amide bonds. The lowest BCUT2D eigenvalue weighted by Gasteiger charge is -1.93. The predicted octanol–water partition coefficient (Wildman–Crippen LogP) is 0.738. The normalized spacial score (nSPS) is 9.43. The van der Waals surface area contributed by atoms with Gasteiger partial charge >= 0.3 is 0 Å². The second kappa shape index (κ2) is 6.40. The van der Waals surface area contributed by atoms with Crippen molar-refractivity contribution in [2.24, 2.45) is 0 Å². The molecule has 0 bridgehead atoms. The van der Waals surface area contributed by atoms with Gasteiger partial charge in [0.05, 0.1) is 0 Å². The van der Waals surface area contributed by atoms with Crippen LogP contribution in [-0.2, 0) is 4.74 Å². The van der Waals surface area contributed by atoms with E-state index in [1.54, 1.807) is 0 Å². The summed E-state index contributed by atoms with van der Waals surface area (Å²) in [6, 6.07) is 0. The van der Waals surface area contributed by atoms with Crippen LogP contribution < -0.4 is 0 Å². The van der Waals surface area contributed by atoms with Crippen molar-refractivity contribution in [3.05, 3.63) is 0 Å². The fourth-order valence-electron chi connectivity index (χ4n) is 0.221. The van der Waals surface area contributed by atoms with Crippen LogP contribution >= 0.6 is 15.9 Å². The molecule has 0 heterocycles. The lowest BCUT2D eigenvalue weighted by molar-refractivity contribution is 0.157. The Hall–Kier alpha value is 0.400. The molecule has 44 valence electrons. The van der Waals surface area contributed by atoms with E-state index in [1.807, 2.05) is 0 Å². The molecule has 0 aromatic rings. The Labute approximate surface area is 51.6 Å². The molecule has 0 saturated carbocycles. The Bertz CT molecular complexity index is 28.9. The van der Waals surface area contributed by atoms with Gasteiger partial charge in [0.15, 0.2) is 0 Å². The highest BCUT2D eigenvalue weighted by Gasteiger charge is 1.80. The largest absolute Gasteiger partial charge is 0.396 e. The molecule has 7 heavy (non-hydrogen) atoms. The van der Waals surface area contributed by atoms with E-state index in [4.69, 9.17) is 9.84 Å². The Morgan fingerprint density at radius 3 is 2.71 bits per heavy atom. The molecule has 0 atom stereocenters. The van der Waals surface area contributed by atoms with Gasteiger partial charge in [0.25, 0.3) is 0 Å². The van der Waals surface area contributed by atoms with Gasteiger partial charge in [0.1, 0.15) is 5.52 Å². The zero-order chi connectivity index (χ0) is 5.54. The molecule has 0 fully saturated rings. The molecule has 0 aliphatic carbocycles. The van der Waals surface area contributed by atoms with Crippen molar-refractivity contribution in [3.63, 3.8) is 0 Å². The molecule has 0 aromatic heterocycles. The number of alkyl halides is 1. The van der Waals surface area contributed by atoms with Gasteiger partial charge in [0.2, 0.25) is 0 Å². The van der Waals surface area contributed by atoms with E-state index >= 15 is 0 Å². The molecule has 3 heteroatoms. The number of halogens is 1. The molecule has 0 aliphatic rings. The molecule has 0 saturated heterocycles. The van der Waals surface area contributed by atoms with Gasteiger partial charge in [-0.15, -0.1) is 0 Å². The number of hydrogen-bond donors (Lipinski definition) is 1. The molecule has 0 aromatic carbocycles. The third-order valence-corrected chi connectivity index (χ3v) is 0.848. The number of ether oxygens (including phenoxy) is 1. The molecule has 0 rings (SSSR count).